The van der Waals surface area contributed by atoms with Crippen LogP contribution in [0.5, 0.6) is 5.75 Å². The van der Waals surface area contributed by atoms with Crippen molar-refractivity contribution in [1.82, 2.24) is 10.4 Å². The second-order valence-corrected chi connectivity index (χ2v) is 5.93. The van der Waals surface area contributed by atoms with Crippen molar-refractivity contribution in [3.05, 3.63) is 59.4 Å². The van der Waals surface area contributed by atoms with E-state index in [1.165, 1.54) is 0 Å². The highest BCUT2D eigenvalue weighted by molar-refractivity contribution is 5.97. The lowest BCUT2D eigenvalue weighted by Crippen LogP contribution is -2.26. The summed E-state index contributed by atoms with van der Waals surface area (Å²) in [6, 6.07) is 11.6. The first-order valence-electron chi connectivity index (χ1n) is 7.95. The van der Waals surface area contributed by atoms with Crippen molar-refractivity contribution < 1.29 is 9.53 Å². The molecule has 0 unspecified atom stereocenters. The smallest absolute Gasteiger partial charge is 0.277 e. The van der Waals surface area contributed by atoms with E-state index in [-0.39, 0.29) is 12.5 Å². The molecule has 126 valence electrons. The molecule has 1 aromatic heterocycles. The van der Waals surface area contributed by atoms with E-state index in [2.05, 4.69) is 29.4 Å². The van der Waals surface area contributed by atoms with E-state index < -0.39 is 0 Å². The van der Waals surface area contributed by atoms with Gasteiger partial charge in [-0.1, -0.05) is 32.0 Å². The van der Waals surface area contributed by atoms with Crippen molar-refractivity contribution >= 4 is 11.6 Å². The number of nitrogens with zero attached hydrogens (tertiary/aromatic N) is 2. The van der Waals surface area contributed by atoms with E-state index in [0.717, 1.165) is 22.6 Å². The molecular formula is C19H23N3O2. The third-order valence-corrected chi connectivity index (χ3v) is 3.53. The number of aromatic nitrogens is 1. The van der Waals surface area contributed by atoms with Gasteiger partial charge in [-0.15, -0.1) is 0 Å². The summed E-state index contributed by atoms with van der Waals surface area (Å²) in [6.07, 6.45) is 1.68. The zero-order valence-electron chi connectivity index (χ0n) is 14.5. The van der Waals surface area contributed by atoms with Crippen molar-refractivity contribution in [2.24, 2.45) is 5.10 Å². The summed E-state index contributed by atoms with van der Waals surface area (Å²) in [4.78, 5) is 16.1. The summed E-state index contributed by atoms with van der Waals surface area (Å²) in [5.74, 6) is 0.764. The highest BCUT2D eigenvalue weighted by Crippen LogP contribution is 2.27. The maximum absolute atomic E-state index is 12.0. The molecule has 1 aromatic carbocycles. The van der Waals surface area contributed by atoms with E-state index in [1.807, 2.05) is 43.3 Å². The molecule has 0 radical (unpaired) electrons. The molecule has 0 fully saturated rings. The van der Waals surface area contributed by atoms with Gasteiger partial charge in [0.1, 0.15) is 5.75 Å². The van der Waals surface area contributed by atoms with Crippen LogP contribution in [0, 0.1) is 6.92 Å². The number of amides is 1. The number of pyridine rings is 1. The van der Waals surface area contributed by atoms with Crippen LogP contribution in [0.25, 0.3) is 0 Å². The molecule has 1 N–H and O–H groups in total. The van der Waals surface area contributed by atoms with Crippen LogP contribution < -0.4 is 10.2 Å². The van der Waals surface area contributed by atoms with Crippen LogP contribution in [0.1, 0.15) is 43.5 Å². The Hall–Kier alpha value is -2.69. The Morgan fingerprint density at radius 2 is 2.08 bits per heavy atom. The van der Waals surface area contributed by atoms with Crippen molar-refractivity contribution in [3.8, 4) is 5.75 Å². The molecule has 24 heavy (non-hydrogen) atoms. The summed E-state index contributed by atoms with van der Waals surface area (Å²) in [6.45, 7) is 7.90. The lowest BCUT2D eigenvalue weighted by molar-refractivity contribution is -0.123. The van der Waals surface area contributed by atoms with Crippen LogP contribution >= 0.6 is 0 Å². The Bertz CT molecular complexity index is 725. The van der Waals surface area contributed by atoms with Crippen LogP contribution in [0.2, 0.25) is 0 Å². The molecule has 0 atom stereocenters. The Morgan fingerprint density at radius 3 is 2.75 bits per heavy atom. The predicted octanol–water partition coefficient (Wildman–Crippen LogP) is 3.43. The molecule has 0 aliphatic heterocycles. The second kappa shape index (κ2) is 8.24. The number of ether oxygens (including phenoxy) is 1. The standard InChI is InChI=1S/C19H23N3O2/c1-13(2)16-9-8-14(3)11-18(16)24-12-19(23)22-21-15(4)17-7-5-6-10-20-17/h5-11,13H,12H2,1-4H3,(H,22,23). The first kappa shape index (κ1) is 17.7. The first-order chi connectivity index (χ1) is 11.5. The van der Waals surface area contributed by atoms with Gasteiger partial charge in [0.25, 0.3) is 5.91 Å². The summed E-state index contributed by atoms with van der Waals surface area (Å²) in [5, 5.41) is 4.06. The highest BCUT2D eigenvalue weighted by Gasteiger charge is 2.10. The summed E-state index contributed by atoms with van der Waals surface area (Å²) >= 11 is 0. The number of hydrogen-bond acceptors (Lipinski definition) is 4. The van der Waals surface area contributed by atoms with E-state index in [0.29, 0.717) is 11.6 Å². The van der Waals surface area contributed by atoms with Crippen LogP contribution in [-0.4, -0.2) is 23.2 Å². The van der Waals surface area contributed by atoms with E-state index in [9.17, 15) is 4.79 Å². The van der Waals surface area contributed by atoms with Crippen molar-refractivity contribution in [3.63, 3.8) is 0 Å². The maximum atomic E-state index is 12.0. The number of carbonyl (C=O) groups is 1. The lowest BCUT2D eigenvalue weighted by atomic mass is 10.0. The van der Waals surface area contributed by atoms with Gasteiger partial charge in [-0.3, -0.25) is 9.78 Å². The third-order valence-electron chi connectivity index (χ3n) is 3.53. The van der Waals surface area contributed by atoms with Crippen LogP contribution in [0.4, 0.5) is 0 Å². The van der Waals surface area contributed by atoms with Gasteiger partial charge < -0.3 is 4.74 Å². The van der Waals surface area contributed by atoms with Crippen LogP contribution in [-0.2, 0) is 4.79 Å². The van der Waals surface area contributed by atoms with Gasteiger partial charge in [-0.2, -0.15) is 5.10 Å². The fraction of sp³-hybridized carbons (Fsp3) is 0.316. The molecular weight excluding hydrogens is 302 g/mol. The monoisotopic (exact) mass is 325 g/mol. The third kappa shape index (κ3) is 4.91. The number of benzene rings is 1. The molecule has 5 nitrogen and oxygen atoms in total. The molecule has 0 saturated carbocycles. The highest BCUT2D eigenvalue weighted by atomic mass is 16.5. The fourth-order valence-electron chi connectivity index (χ4n) is 2.20. The largest absolute Gasteiger partial charge is 0.483 e. The molecule has 0 aliphatic rings. The predicted molar refractivity (Wildman–Crippen MR) is 95.4 cm³/mol. The molecule has 5 heteroatoms. The summed E-state index contributed by atoms with van der Waals surface area (Å²) in [7, 11) is 0. The molecule has 0 saturated heterocycles. The SMILES string of the molecule is CC(=NNC(=O)COc1cc(C)ccc1C(C)C)c1ccccn1. The Morgan fingerprint density at radius 1 is 1.29 bits per heavy atom. The van der Waals surface area contributed by atoms with E-state index in [4.69, 9.17) is 4.74 Å². The van der Waals surface area contributed by atoms with Crippen molar-refractivity contribution in [2.75, 3.05) is 6.61 Å². The van der Waals surface area contributed by atoms with E-state index in [1.54, 1.807) is 13.1 Å². The number of carbonyl (C=O) groups excluding carboxylic acids is 1. The van der Waals surface area contributed by atoms with Gasteiger partial charge in [0.05, 0.1) is 11.4 Å². The number of nitrogens with one attached hydrogen (secondary N) is 1. The second-order valence-electron chi connectivity index (χ2n) is 5.93. The molecule has 0 aliphatic carbocycles. The summed E-state index contributed by atoms with van der Waals surface area (Å²) < 4.78 is 5.68. The van der Waals surface area contributed by atoms with Gasteiger partial charge in [-0.05, 0) is 49.1 Å². The normalized spacial score (nSPS) is 11.5. The fourth-order valence-corrected chi connectivity index (χ4v) is 2.20. The van der Waals surface area contributed by atoms with Gasteiger partial charge in [0.15, 0.2) is 6.61 Å². The summed E-state index contributed by atoms with van der Waals surface area (Å²) in [5.41, 5.74) is 6.04. The van der Waals surface area contributed by atoms with Gasteiger partial charge in [-0.25, -0.2) is 5.43 Å². The average molecular weight is 325 g/mol. The molecule has 0 bridgehead atoms. The molecule has 1 amide bonds. The zero-order valence-corrected chi connectivity index (χ0v) is 14.5. The van der Waals surface area contributed by atoms with Crippen LogP contribution in [0.3, 0.4) is 0 Å². The molecule has 2 rings (SSSR count). The van der Waals surface area contributed by atoms with Gasteiger partial charge in [0, 0.05) is 6.20 Å². The van der Waals surface area contributed by atoms with Crippen molar-refractivity contribution in [1.29, 1.82) is 0 Å². The number of hydrogen-bond donors (Lipinski definition) is 1. The first-order valence-corrected chi connectivity index (χ1v) is 7.95. The molecule has 2 aromatic rings. The zero-order chi connectivity index (χ0) is 17.5. The topological polar surface area (TPSA) is 63.6 Å². The van der Waals surface area contributed by atoms with Gasteiger partial charge in [0.2, 0.25) is 0 Å². The minimum atomic E-state index is -0.304. The Balaban J connectivity index is 1.95. The van der Waals surface area contributed by atoms with Gasteiger partial charge >= 0.3 is 0 Å². The minimum absolute atomic E-state index is 0.0812. The number of hydrazone groups is 1. The molecule has 1 heterocycles. The number of aryl methyl sites for hydroxylation is 1. The Labute approximate surface area is 142 Å². The Kier molecular flexibility index (Phi) is 6.07. The quantitative estimate of drug-likeness (QED) is 0.654. The molecule has 0 spiro atoms. The minimum Gasteiger partial charge on any atom is -0.483 e. The lowest BCUT2D eigenvalue weighted by Gasteiger charge is -2.14. The maximum Gasteiger partial charge on any atom is 0.277 e. The van der Waals surface area contributed by atoms with Crippen LogP contribution in [0.15, 0.2) is 47.7 Å². The number of rotatable bonds is 6. The van der Waals surface area contributed by atoms with E-state index >= 15 is 0 Å². The van der Waals surface area contributed by atoms with Crippen molar-refractivity contribution in [2.45, 2.75) is 33.6 Å². The average Bonchev–Trinajstić information content (AvgIpc) is 2.58.